The minimum atomic E-state index is 0.138. The number of rotatable bonds is 6. The van der Waals surface area contributed by atoms with Crippen molar-refractivity contribution in [2.45, 2.75) is 25.9 Å². The third-order valence-corrected chi connectivity index (χ3v) is 5.02. The van der Waals surface area contributed by atoms with E-state index in [4.69, 9.17) is 4.74 Å². The van der Waals surface area contributed by atoms with E-state index >= 15 is 0 Å². The molecule has 3 rings (SSSR count). The highest BCUT2D eigenvalue weighted by Crippen LogP contribution is 2.24. The van der Waals surface area contributed by atoms with Gasteiger partial charge in [0.1, 0.15) is 17.6 Å². The van der Waals surface area contributed by atoms with Crippen LogP contribution in [0.25, 0.3) is 0 Å². The van der Waals surface area contributed by atoms with Crippen molar-refractivity contribution in [2.24, 2.45) is 0 Å². The van der Waals surface area contributed by atoms with Gasteiger partial charge in [-0.3, -0.25) is 4.90 Å². The summed E-state index contributed by atoms with van der Waals surface area (Å²) in [6.45, 7) is 5.28. The molecule has 2 aromatic rings. The average Bonchev–Trinajstić information content (AvgIpc) is 2.69. The van der Waals surface area contributed by atoms with E-state index in [0.717, 1.165) is 43.4 Å². The Hall–Kier alpha value is -2.62. The van der Waals surface area contributed by atoms with E-state index in [0.29, 0.717) is 12.0 Å². The van der Waals surface area contributed by atoms with Crippen LogP contribution in [0.15, 0.2) is 36.4 Å². The molecule has 0 radical (unpaired) electrons. The van der Waals surface area contributed by atoms with Crippen LogP contribution in [0, 0.1) is 18.3 Å². The van der Waals surface area contributed by atoms with E-state index in [2.05, 4.69) is 33.0 Å². The number of methoxy groups -OCH3 is 1. The van der Waals surface area contributed by atoms with Crippen LogP contribution in [-0.2, 0) is 6.54 Å². The molecular formula is C21H26N4O2. The molecular weight excluding hydrogens is 340 g/mol. The lowest BCUT2D eigenvalue weighted by molar-refractivity contribution is 0.135. The highest BCUT2D eigenvalue weighted by Gasteiger charge is 2.28. The zero-order valence-corrected chi connectivity index (χ0v) is 15.9. The molecule has 0 spiro atoms. The summed E-state index contributed by atoms with van der Waals surface area (Å²) in [5.74, 6) is 1.61. The summed E-state index contributed by atoms with van der Waals surface area (Å²) in [7, 11) is 1.67. The summed E-state index contributed by atoms with van der Waals surface area (Å²) in [4.78, 5) is 9.17. The standard InChI is InChI=1S/C21H26N4O2/c1-16-6-7-18(13-22)21(23-16)25-10-9-24(19(15-25)8-11-26)14-17-4-3-5-20(12-17)27-2/h3-7,12,19,26H,8-11,14-15H2,1-2H3/t19-/m1/s1. The van der Waals surface area contributed by atoms with Crippen molar-refractivity contribution in [3.05, 3.63) is 53.2 Å². The van der Waals surface area contributed by atoms with Gasteiger partial charge in [-0.2, -0.15) is 5.26 Å². The van der Waals surface area contributed by atoms with Crippen LogP contribution >= 0.6 is 0 Å². The zero-order valence-electron chi connectivity index (χ0n) is 15.9. The number of pyridine rings is 1. The first-order chi connectivity index (χ1) is 13.1. The van der Waals surface area contributed by atoms with E-state index in [-0.39, 0.29) is 12.6 Å². The second kappa shape index (κ2) is 8.85. The van der Waals surface area contributed by atoms with Crippen molar-refractivity contribution in [2.75, 3.05) is 38.3 Å². The Labute approximate surface area is 160 Å². The van der Waals surface area contributed by atoms with Crippen LogP contribution in [0.3, 0.4) is 0 Å². The fraction of sp³-hybridized carbons (Fsp3) is 0.429. The molecule has 27 heavy (non-hydrogen) atoms. The van der Waals surface area contributed by atoms with Crippen LogP contribution in [0.4, 0.5) is 5.82 Å². The Balaban J connectivity index is 1.77. The summed E-state index contributed by atoms with van der Waals surface area (Å²) < 4.78 is 5.32. The first-order valence-electron chi connectivity index (χ1n) is 9.25. The summed E-state index contributed by atoms with van der Waals surface area (Å²) in [5.41, 5.74) is 2.70. The number of nitrogens with zero attached hydrogens (tertiary/aromatic N) is 4. The minimum absolute atomic E-state index is 0.138. The third kappa shape index (κ3) is 4.57. The van der Waals surface area contributed by atoms with Gasteiger partial charge in [-0.25, -0.2) is 4.98 Å². The maximum Gasteiger partial charge on any atom is 0.146 e. The molecule has 0 bridgehead atoms. The highest BCUT2D eigenvalue weighted by molar-refractivity contribution is 5.54. The molecule has 1 aromatic carbocycles. The number of aliphatic hydroxyl groups is 1. The number of hydrogen-bond donors (Lipinski definition) is 1. The number of piperazine rings is 1. The molecule has 1 N–H and O–H groups in total. The van der Waals surface area contributed by atoms with Gasteiger partial charge in [-0.1, -0.05) is 12.1 Å². The largest absolute Gasteiger partial charge is 0.497 e. The van der Waals surface area contributed by atoms with Crippen molar-refractivity contribution in [3.63, 3.8) is 0 Å². The molecule has 2 heterocycles. The molecule has 1 aromatic heterocycles. The topological polar surface area (TPSA) is 72.6 Å². The van der Waals surface area contributed by atoms with Gasteiger partial charge in [-0.05, 0) is 43.2 Å². The van der Waals surface area contributed by atoms with Crippen molar-refractivity contribution in [1.29, 1.82) is 5.26 Å². The van der Waals surface area contributed by atoms with Crippen LogP contribution in [0.2, 0.25) is 0 Å². The quantitative estimate of drug-likeness (QED) is 0.846. The molecule has 0 unspecified atom stereocenters. The van der Waals surface area contributed by atoms with Crippen molar-refractivity contribution in [3.8, 4) is 11.8 Å². The van der Waals surface area contributed by atoms with Gasteiger partial charge in [0.25, 0.3) is 0 Å². The fourth-order valence-corrected chi connectivity index (χ4v) is 3.59. The maximum atomic E-state index is 9.55. The van der Waals surface area contributed by atoms with Crippen LogP contribution in [-0.4, -0.2) is 54.4 Å². The number of hydrogen-bond acceptors (Lipinski definition) is 6. The summed E-state index contributed by atoms with van der Waals surface area (Å²) >= 11 is 0. The number of ether oxygens (including phenoxy) is 1. The predicted molar refractivity (Wildman–Crippen MR) is 105 cm³/mol. The Morgan fingerprint density at radius 2 is 2.15 bits per heavy atom. The zero-order chi connectivity index (χ0) is 19.2. The van der Waals surface area contributed by atoms with Crippen LogP contribution < -0.4 is 9.64 Å². The Bertz CT molecular complexity index is 818. The summed E-state index contributed by atoms with van der Waals surface area (Å²) in [5, 5.41) is 19.0. The molecule has 0 aliphatic carbocycles. The van der Waals surface area contributed by atoms with Crippen LogP contribution in [0.5, 0.6) is 5.75 Å². The Kier molecular flexibility index (Phi) is 6.28. The Morgan fingerprint density at radius 3 is 2.89 bits per heavy atom. The number of aromatic nitrogens is 1. The van der Waals surface area contributed by atoms with E-state index in [9.17, 15) is 10.4 Å². The van der Waals surface area contributed by atoms with Crippen molar-refractivity contribution >= 4 is 5.82 Å². The van der Waals surface area contributed by atoms with E-state index in [1.807, 2.05) is 31.2 Å². The second-order valence-corrected chi connectivity index (χ2v) is 6.87. The average molecular weight is 366 g/mol. The normalized spacial score (nSPS) is 17.6. The van der Waals surface area contributed by atoms with Crippen LogP contribution in [0.1, 0.15) is 23.2 Å². The molecule has 0 saturated carbocycles. The number of anilines is 1. The number of benzene rings is 1. The third-order valence-electron chi connectivity index (χ3n) is 5.02. The van der Waals surface area contributed by atoms with Gasteiger partial charge < -0.3 is 14.7 Å². The fourth-order valence-electron chi connectivity index (χ4n) is 3.59. The molecule has 1 saturated heterocycles. The van der Waals surface area contributed by atoms with Gasteiger partial charge in [-0.15, -0.1) is 0 Å². The minimum Gasteiger partial charge on any atom is -0.497 e. The second-order valence-electron chi connectivity index (χ2n) is 6.87. The first kappa shape index (κ1) is 19.2. The number of aryl methyl sites for hydroxylation is 1. The SMILES string of the molecule is COc1cccc(CN2CCN(c3nc(C)ccc3C#N)C[C@H]2CCO)c1. The van der Waals surface area contributed by atoms with Gasteiger partial charge in [0.15, 0.2) is 0 Å². The molecule has 1 atom stereocenters. The lowest BCUT2D eigenvalue weighted by Gasteiger charge is -2.42. The monoisotopic (exact) mass is 366 g/mol. The lowest BCUT2D eigenvalue weighted by Crippen LogP contribution is -2.53. The molecule has 0 amide bonds. The number of aliphatic hydroxyl groups excluding tert-OH is 1. The van der Waals surface area contributed by atoms with Gasteiger partial charge in [0.2, 0.25) is 0 Å². The molecule has 1 aliphatic rings. The maximum absolute atomic E-state index is 9.55. The molecule has 6 heteroatoms. The predicted octanol–water partition coefficient (Wildman–Crippen LogP) is 2.34. The van der Waals surface area contributed by atoms with E-state index in [1.165, 1.54) is 5.56 Å². The van der Waals surface area contributed by atoms with Crippen molar-refractivity contribution < 1.29 is 9.84 Å². The molecule has 6 nitrogen and oxygen atoms in total. The Morgan fingerprint density at radius 1 is 1.30 bits per heavy atom. The first-order valence-corrected chi connectivity index (χ1v) is 9.25. The summed E-state index contributed by atoms with van der Waals surface area (Å²) in [6, 6.07) is 14.2. The molecule has 142 valence electrons. The lowest BCUT2D eigenvalue weighted by atomic mass is 10.1. The molecule has 1 aliphatic heterocycles. The number of nitriles is 1. The van der Waals surface area contributed by atoms with E-state index in [1.54, 1.807) is 7.11 Å². The van der Waals surface area contributed by atoms with E-state index < -0.39 is 0 Å². The van der Waals surface area contributed by atoms with Crippen molar-refractivity contribution in [1.82, 2.24) is 9.88 Å². The molecule has 1 fully saturated rings. The summed E-state index contributed by atoms with van der Waals surface area (Å²) in [6.07, 6.45) is 0.689. The van der Waals surface area contributed by atoms with Gasteiger partial charge in [0.05, 0.1) is 12.7 Å². The van der Waals surface area contributed by atoms with Gasteiger partial charge in [0, 0.05) is 44.5 Å². The smallest absolute Gasteiger partial charge is 0.146 e. The van der Waals surface area contributed by atoms with Gasteiger partial charge >= 0.3 is 0 Å². The highest BCUT2D eigenvalue weighted by atomic mass is 16.5.